The van der Waals surface area contributed by atoms with Crippen LogP contribution in [0.2, 0.25) is 0 Å². The van der Waals surface area contributed by atoms with Gasteiger partial charge in [0.15, 0.2) is 0 Å². The molecule has 1 rings (SSSR count). The first-order valence-electron chi connectivity index (χ1n) is 6.52. The molecular formula is C15H20N2O3. The SMILES string of the molecule is CN(Cc1cc(CN)ccc1C=O)C(C=O)CCC=O. The van der Waals surface area contributed by atoms with Gasteiger partial charge in [-0.2, -0.15) is 0 Å². The van der Waals surface area contributed by atoms with Crippen molar-refractivity contribution in [3.05, 3.63) is 34.9 Å². The smallest absolute Gasteiger partial charge is 0.150 e. The maximum Gasteiger partial charge on any atom is 0.150 e. The van der Waals surface area contributed by atoms with Gasteiger partial charge < -0.3 is 15.3 Å². The molecule has 0 aromatic heterocycles. The van der Waals surface area contributed by atoms with E-state index in [0.717, 1.165) is 30.0 Å². The van der Waals surface area contributed by atoms with Crippen LogP contribution >= 0.6 is 0 Å². The second kappa shape index (κ2) is 8.35. The third-order valence-corrected chi connectivity index (χ3v) is 3.29. The summed E-state index contributed by atoms with van der Waals surface area (Å²) in [7, 11) is 1.80. The van der Waals surface area contributed by atoms with Crippen molar-refractivity contribution in [3.63, 3.8) is 0 Å². The van der Waals surface area contributed by atoms with Gasteiger partial charge in [-0.1, -0.05) is 18.2 Å². The van der Waals surface area contributed by atoms with Gasteiger partial charge in [0.2, 0.25) is 0 Å². The third-order valence-electron chi connectivity index (χ3n) is 3.29. The number of aldehydes is 3. The maximum absolute atomic E-state index is 11.1. The van der Waals surface area contributed by atoms with E-state index < -0.39 is 0 Å². The maximum atomic E-state index is 11.1. The van der Waals surface area contributed by atoms with Gasteiger partial charge in [0, 0.05) is 25.1 Å². The zero-order valence-corrected chi connectivity index (χ0v) is 11.6. The summed E-state index contributed by atoms with van der Waals surface area (Å²) < 4.78 is 0. The zero-order valence-electron chi connectivity index (χ0n) is 11.6. The lowest BCUT2D eigenvalue weighted by molar-refractivity contribution is -0.113. The number of nitrogens with zero attached hydrogens (tertiary/aromatic N) is 1. The quantitative estimate of drug-likeness (QED) is 0.679. The zero-order chi connectivity index (χ0) is 15.0. The molecule has 0 amide bonds. The van der Waals surface area contributed by atoms with E-state index in [1.807, 2.05) is 17.0 Å². The lowest BCUT2D eigenvalue weighted by atomic mass is 10.0. The Kier molecular flexibility index (Phi) is 6.76. The van der Waals surface area contributed by atoms with Gasteiger partial charge in [-0.25, -0.2) is 0 Å². The highest BCUT2D eigenvalue weighted by atomic mass is 16.1. The average molecular weight is 276 g/mol. The minimum absolute atomic E-state index is 0.332. The van der Waals surface area contributed by atoms with Crippen molar-refractivity contribution in [1.82, 2.24) is 4.90 Å². The number of rotatable bonds is 9. The first-order chi connectivity index (χ1) is 9.65. The van der Waals surface area contributed by atoms with Crippen LogP contribution in [0.1, 0.15) is 34.3 Å². The molecule has 0 spiro atoms. The second-order valence-corrected chi connectivity index (χ2v) is 4.72. The van der Waals surface area contributed by atoms with Crippen LogP contribution < -0.4 is 5.73 Å². The van der Waals surface area contributed by atoms with E-state index in [-0.39, 0.29) is 6.04 Å². The molecule has 0 aliphatic rings. The van der Waals surface area contributed by atoms with Crippen LogP contribution in [0.15, 0.2) is 18.2 Å². The summed E-state index contributed by atoms with van der Waals surface area (Å²) in [6.45, 7) is 0.863. The van der Waals surface area contributed by atoms with Gasteiger partial charge in [-0.3, -0.25) is 9.69 Å². The Morgan fingerprint density at radius 2 is 2.05 bits per heavy atom. The van der Waals surface area contributed by atoms with Crippen molar-refractivity contribution in [2.45, 2.75) is 32.0 Å². The Morgan fingerprint density at radius 3 is 2.60 bits per heavy atom. The molecule has 1 atom stereocenters. The van der Waals surface area contributed by atoms with E-state index in [9.17, 15) is 14.4 Å². The number of carbonyl (C=O) groups excluding carboxylic acids is 3. The summed E-state index contributed by atoms with van der Waals surface area (Å²) in [6.07, 6.45) is 3.26. The first-order valence-corrected chi connectivity index (χ1v) is 6.52. The standard InChI is InChI=1S/C15H20N2O3/c1-17(15(11-20)3-2-6-18)9-14-7-12(8-16)4-5-13(14)10-19/h4-7,10-11,15H,2-3,8-9,16H2,1H3. The fourth-order valence-electron chi connectivity index (χ4n) is 2.06. The largest absolute Gasteiger partial charge is 0.326 e. The number of hydrogen-bond acceptors (Lipinski definition) is 5. The summed E-state index contributed by atoms with van der Waals surface area (Å²) in [5.41, 5.74) is 7.96. The lowest BCUT2D eigenvalue weighted by Crippen LogP contribution is -2.33. The summed E-state index contributed by atoms with van der Waals surface area (Å²) in [6, 6.07) is 5.10. The highest BCUT2D eigenvalue weighted by Crippen LogP contribution is 2.14. The van der Waals surface area contributed by atoms with Gasteiger partial charge in [0.05, 0.1) is 6.04 Å². The molecule has 5 heteroatoms. The van der Waals surface area contributed by atoms with Crippen molar-refractivity contribution >= 4 is 18.9 Å². The van der Waals surface area contributed by atoms with Gasteiger partial charge in [0.25, 0.3) is 0 Å². The van der Waals surface area contributed by atoms with Gasteiger partial charge in [0.1, 0.15) is 18.9 Å². The van der Waals surface area contributed by atoms with Crippen molar-refractivity contribution in [1.29, 1.82) is 0 Å². The topological polar surface area (TPSA) is 80.5 Å². The van der Waals surface area contributed by atoms with Crippen molar-refractivity contribution in [2.24, 2.45) is 5.73 Å². The molecule has 0 radical (unpaired) electrons. The minimum atomic E-state index is -0.332. The van der Waals surface area contributed by atoms with Crippen molar-refractivity contribution < 1.29 is 14.4 Å². The van der Waals surface area contributed by atoms with Gasteiger partial charge in [-0.05, 0) is 24.6 Å². The summed E-state index contributed by atoms with van der Waals surface area (Å²) in [5.74, 6) is 0. The molecule has 0 bridgehead atoms. The number of nitrogens with two attached hydrogens (primary N) is 1. The van der Waals surface area contributed by atoms with E-state index in [1.165, 1.54) is 0 Å². The molecule has 0 fully saturated rings. The van der Waals surface area contributed by atoms with E-state index in [2.05, 4.69) is 0 Å². The normalized spacial score (nSPS) is 12.2. The predicted octanol–water partition coefficient (Wildman–Crippen LogP) is 0.936. The highest BCUT2D eigenvalue weighted by Gasteiger charge is 2.15. The number of hydrogen-bond donors (Lipinski definition) is 1. The van der Waals surface area contributed by atoms with E-state index in [0.29, 0.717) is 31.5 Å². The average Bonchev–Trinajstić information content (AvgIpc) is 2.47. The highest BCUT2D eigenvalue weighted by molar-refractivity contribution is 5.77. The van der Waals surface area contributed by atoms with Crippen LogP contribution in [0, 0.1) is 0 Å². The van der Waals surface area contributed by atoms with Crippen LogP contribution in [-0.4, -0.2) is 36.8 Å². The second-order valence-electron chi connectivity index (χ2n) is 4.72. The first kappa shape index (κ1) is 16.2. The molecule has 0 saturated carbocycles. The van der Waals surface area contributed by atoms with E-state index >= 15 is 0 Å². The molecule has 108 valence electrons. The van der Waals surface area contributed by atoms with Crippen LogP contribution in [-0.2, 0) is 22.7 Å². The molecule has 0 aliphatic heterocycles. The van der Waals surface area contributed by atoms with Crippen LogP contribution in [0.3, 0.4) is 0 Å². The number of carbonyl (C=O) groups is 3. The minimum Gasteiger partial charge on any atom is -0.326 e. The Bertz CT molecular complexity index is 474. The molecule has 1 aromatic rings. The van der Waals surface area contributed by atoms with Crippen molar-refractivity contribution in [3.8, 4) is 0 Å². The van der Waals surface area contributed by atoms with Crippen molar-refractivity contribution in [2.75, 3.05) is 7.05 Å². The monoisotopic (exact) mass is 276 g/mol. The van der Waals surface area contributed by atoms with Crippen LogP contribution in [0.5, 0.6) is 0 Å². The number of benzene rings is 1. The lowest BCUT2D eigenvalue weighted by Gasteiger charge is -2.23. The fraction of sp³-hybridized carbons (Fsp3) is 0.400. The summed E-state index contributed by atoms with van der Waals surface area (Å²) in [5, 5.41) is 0. The Hall–Kier alpha value is -1.85. The molecule has 0 aliphatic carbocycles. The predicted molar refractivity (Wildman–Crippen MR) is 76.3 cm³/mol. The molecule has 5 nitrogen and oxygen atoms in total. The molecule has 2 N–H and O–H groups in total. The molecule has 0 saturated heterocycles. The van der Waals surface area contributed by atoms with Gasteiger partial charge >= 0.3 is 0 Å². The van der Waals surface area contributed by atoms with E-state index in [4.69, 9.17) is 5.73 Å². The third kappa shape index (κ3) is 4.36. The molecule has 20 heavy (non-hydrogen) atoms. The summed E-state index contributed by atoms with van der Waals surface area (Å²) in [4.78, 5) is 34.4. The Morgan fingerprint density at radius 1 is 1.30 bits per heavy atom. The Balaban J connectivity index is 2.86. The Labute approximate surface area is 118 Å². The molecular weight excluding hydrogens is 256 g/mol. The van der Waals surface area contributed by atoms with Crippen LogP contribution in [0.25, 0.3) is 0 Å². The van der Waals surface area contributed by atoms with Crippen LogP contribution in [0.4, 0.5) is 0 Å². The number of likely N-dealkylation sites (N-methyl/N-ethyl adjacent to an activating group) is 1. The fourth-order valence-corrected chi connectivity index (χ4v) is 2.06. The van der Waals surface area contributed by atoms with Gasteiger partial charge in [-0.15, -0.1) is 0 Å². The molecule has 1 unspecified atom stereocenters. The summed E-state index contributed by atoms with van der Waals surface area (Å²) >= 11 is 0. The molecule has 0 heterocycles. The molecule has 1 aromatic carbocycles. The van der Waals surface area contributed by atoms with E-state index in [1.54, 1.807) is 13.1 Å².